The van der Waals surface area contributed by atoms with E-state index >= 15 is 0 Å². The van der Waals surface area contributed by atoms with Gasteiger partial charge in [-0.3, -0.25) is 33.6 Å². The minimum Gasteiger partial charge on any atom is -0.289 e. The molecule has 0 bridgehead atoms. The molecule has 0 N–H and O–H groups in total. The zero-order valence-electron chi connectivity index (χ0n) is 69.1. The van der Waals surface area contributed by atoms with Crippen LogP contribution in [0.1, 0.15) is 239 Å². The number of rotatable bonds is 7. The zero-order valence-corrected chi connectivity index (χ0v) is 69.9. The maximum atomic E-state index is 13.5. The fourth-order valence-corrected chi connectivity index (χ4v) is 13.3. The van der Waals surface area contributed by atoms with Crippen molar-refractivity contribution in [2.24, 2.45) is 53.5 Å². The third kappa shape index (κ3) is 20.2. The van der Waals surface area contributed by atoms with Crippen LogP contribution in [0.15, 0.2) is 269 Å². The number of carbonyl (C=O) groups excluding carboxylic acids is 7. The fourth-order valence-electron chi connectivity index (χ4n) is 13.2. The summed E-state index contributed by atoms with van der Waals surface area (Å²) in [5, 5.41) is 9.02. The molecule has 562 valence electrons. The van der Waals surface area contributed by atoms with Crippen LogP contribution in [0.5, 0.6) is 0 Å². The van der Waals surface area contributed by atoms with Crippen molar-refractivity contribution in [1.29, 1.82) is 0 Å². The first-order valence-electron chi connectivity index (χ1n) is 37.5. The number of hydrogen-bond donors (Lipinski definition) is 0. The van der Waals surface area contributed by atoms with Crippen LogP contribution in [0, 0.1) is 43.3 Å². The monoisotopic (exact) mass is 1450 g/mol. The van der Waals surface area contributed by atoms with Gasteiger partial charge < -0.3 is 0 Å². The van der Waals surface area contributed by atoms with E-state index in [9.17, 15) is 33.6 Å². The van der Waals surface area contributed by atoms with Crippen molar-refractivity contribution < 1.29 is 33.6 Å². The number of nitrogens with zero attached hydrogens (tertiary/aromatic N) is 2. The molecule has 0 fully saturated rings. The molecule has 7 aliphatic carbocycles. The van der Waals surface area contributed by atoms with E-state index < -0.39 is 0 Å². The van der Waals surface area contributed by atoms with Crippen LogP contribution in [-0.4, -0.2) is 40.5 Å². The van der Waals surface area contributed by atoms with Crippen molar-refractivity contribution in [1.82, 2.24) is 0 Å². The highest BCUT2D eigenvalue weighted by molar-refractivity contribution is 6.30. The first kappa shape index (κ1) is 85.1. The van der Waals surface area contributed by atoms with E-state index in [4.69, 9.17) is 11.6 Å². The topological polar surface area (TPSA) is 144 Å². The maximum absolute atomic E-state index is 13.5. The fraction of sp³-hybridized carbons (Fsp3) is 0.392. The summed E-state index contributed by atoms with van der Waals surface area (Å²) in [4.78, 5) is 89.6. The minimum absolute atomic E-state index is 0.0892. The highest BCUT2D eigenvalue weighted by Crippen LogP contribution is 2.48. The number of Topliss-reactive ketones (excluding diaryl/α,β-unsaturated/α-hetero) is 7. The van der Waals surface area contributed by atoms with Crippen molar-refractivity contribution >= 4 is 68.9 Å². The quantitative estimate of drug-likeness (QED) is 0.214. The lowest BCUT2D eigenvalue weighted by Crippen LogP contribution is -2.28. The van der Waals surface area contributed by atoms with E-state index in [2.05, 4.69) is 189 Å². The lowest BCUT2D eigenvalue weighted by Gasteiger charge is -2.33. The molecule has 10 heteroatoms. The Hall–Kier alpha value is -9.18. The number of fused-ring (bicyclic) bond motifs is 2. The summed E-state index contributed by atoms with van der Waals surface area (Å²) in [7, 11) is 0. The standard InChI is InChI=1S/C30H32O2.C24H30O2.C22H28O2.C21H25ClN2O/c1-7-29(3,4)25-17-23(19-13-9-11-15-21(19)27(25)31)24-18-26(30(5,6)8-2)28(32)22-16-12-10-14-20(22)24;1-15-11-17(12-16(2)21(15)25)9-10-18-13-19(23(3,4)5)22(26)20(14-18)24(6,7)8;1-13-9-15(10-14(2)19(13)23)16-11-17(21(3,4)5)20(24)18(12-16)22(6,7)8;1-20(2,3)17-11-14(12-18(19(17)25)21(4,5)6)13-23-24-16-9-7-15(22)8-10-16/h9-18H,7-8H2,1-6H3;9-14H,1-8H3;9-12H,1-8H3;7-13H,1-6H3/b24-23+;;;. The predicted octanol–water partition coefficient (Wildman–Crippen LogP) is 25.7. The maximum Gasteiger partial charge on any atom is 0.190 e. The molecule has 9 nitrogen and oxygen atoms in total. The molecule has 3 aromatic rings. The van der Waals surface area contributed by atoms with Crippen LogP contribution in [0.25, 0.3) is 11.1 Å². The molecule has 3 aromatic carbocycles. The molecule has 0 atom stereocenters. The summed E-state index contributed by atoms with van der Waals surface area (Å²) in [6.45, 7) is 57.3. The molecule has 0 radical (unpaired) electrons. The van der Waals surface area contributed by atoms with E-state index in [1.165, 1.54) is 0 Å². The summed E-state index contributed by atoms with van der Waals surface area (Å²) in [6, 6.07) is 22.9. The summed E-state index contributed by atoms with van der Waals surface area (Å²) >= 11 is 5.87. The van der Waals surface area contributed by atoms with E-state index in [0.29, 0.717) is 5.02 Å². The Labute approximate surface area is 645 Å². The van der Waals surface area contributed by atoms with Crippen LogP contribution in [0.4, 0.5) is 5.69 Å². The average Bonchev–Trinajstić information content (AvgIpc) is 0.737. The van der Waals surface area contributed by atoms with E-state index in [-0.39, 0.29) is 83.8 Å². The number of allylic oxidation sites excluding steroid dienone is 33. The second-order valence-corrected chi connectivity index (χ2v) is 37.0. The molecule has 0 amide bonds. The van der Waals surface area contributed by atoms with Gasteiger partial charge in [-0.25, -0.2) is 0 Å². The Kier molecular flexibility index (Phi) is 25.7. The van der Waals surface area contributed by atoms with Gasteiger partial charge in [-0.2, -0.15) is 10.2 Å². The van der Waals surface area contributed by atoms with Gasteiger partial charge >= 0.3 is 0 Å². The van der Waals surface area contributed by atoms with Gasteiger partial charge in [0.1, 0.15) is 0 Å². The smallest absolute Gasteiger partial charge is 0.190 e. The Morgan fingerprint density at radius 2 is 0.589 bits per heavy atom. The molecule has 0 unspecified atom stereocenters. The lowest BCUT2D eigenvalue weighted by atomic mass is 9.69. The largest absolute Gasteiger partial charge is 0.289 e. The van der Waals surface area contributed by atoms with Gasteiger partial charge in [0.2, 0.25) is 0 Å². The Morgan fingerprint density at radius 1 is 0.308 bits per heavy atom. The second-order valence-electron chi connectivity index (χ2n) is 36.5. The van der Waals surface area contributed by atoms with Crippen LogP contribution < -0.4 is 0 Å². The van der Waals surface area contributed by atoms with E-state index in [0.717, 1.165) is 147 Å². The average molecular weight is 1460 g/mol. The zero-order chi connectivity index (χ0) is 80.4. The Balaban J connectivity index is 0.000000200. The predicted molar refractivity (Wildman–Crippen MR) is 445 cm³/mol. The number of ketones is 7. The highest BCUT2D eigenvalue weighted by Gasteiger charge is 2.40. The summed E-state index contributed by atoms with van der Waals surface area (Å²) in [6.07, 6.45) is 31.1. The second kappa shape index (κ2) is 32.3. The Morgan fingerprint density at radius 3 is 0.907 bits per heavy atom. The van der Waals surface area contributed by atoms with Gasteiger partial charge in [-0.05, 0) is 253 Å². The van der Waals surface area contributed by atoms with Crippen LogP contribution in [0.2, 0.25) is 5.02 Å². The van der Waals surface area contributed by atoms with E-state index in [1.54, 1.807) is 18.3 Å². The molecule has 0 aromatic heterocycles. The third-order valence-electron chi connectivity index (χ3n) is 20.6. The van der Waals surface area contributed by atoms with Crippen molar-refractivity contribution in [2.45, 2.75) is 207 Å². The van der Waals surface area contributed by atoms with Gasteiger partial charge in [0.05, 0.1) is 11.9 Å². The normalized spacial score (nSPS) is 18.4. The number of benzene rings is 3. The molecular formula is C97H115ClN2O7. The molecule has 0 saturated carbocycles. The number of hydrogen-bond acceptors (Lipinski definition) is 9. The first-order chi connectivity index (χ1) is 49.2. The summed E-state index contributed by atoms with van der Waals surface area (Å²) < 4.78 is 0. The number of azo groups is 1. The molecule has 0 saturated heterocycles. The van der Waals surface area contributed by atoms with Gasteiger partial charge in [0.15, 0.2) is 40.5 Å². The number of carbonyl (C=O) groups is 7. The number of halogens is 1. The van der Waals surface area contributed by atoms with Crippen molar-refractivity contribution in [3.63, 3.8) is 0 Å². The van der Waals surface area contributed by atoms with Gasteiger partial charge in [0, 0.05) is 60.7 Å². The lowest BCUT2D eigenvalue weighted by molar-refractivity contribution is -0.114. The molecule has 0 spiro atoms. The van der Waals surface area contributed by atoms with Crippen LogP contribution in [-0.2, 0) is 24.0 Å². The van der Waals surface area contributed by atoms with E-state index in [1.807, 2.05) is 161 Å². The van der Waals surface area contributed by atoms with Crippen LogP contribution in [0.3, 0.4) is 0 Å². The third-order valence-corrected chi connectivity index (χ3v) is 20.9. The van der Waals surface area contributed by atoms with Crippen LogP contribution >= 0.6 is 11.6 Å². The highest BCUT2D eigenvalue weighted by atomic mass is 35.5. The minimum atomic E-state index is -0.240. The molecule has 107 heavy (non-hydrogen) atoms. The van der Waals surface area contributed by atoms with Crippen molar-refractivity contribution in [3.05, 3.63) is 286 Å². The molecule has 0 aliphatic heterocycles. The molecule has 10 rings (SSSR count). The van der Waals surface area contributed by atoms with Gasteiger partial charge in [-0.15, -0.1) is 0 Å². The van der Waals surface area contributed by atoms with Crippen molar-refractivity contribution in [3.8, 4) is 0 Å². The molecule has 0 heterocycles. The molecule has 7 aliphatic rings. The molecular weight excluding hydrogens is 1340 g/mol. The van der Waals surface area contributed by atoms with Gasteiger partial charge in [0.25, 0.3) is 0 Å². The first-order valence-corrected chi connectivity index (χ1v) is 37.9. The van der Waals surface area contributed by atoms with Crippen molar-refractivity contribution in [2.75, 3.05) is 0 Å². The van der Waals surface area contributed by atoms with Gasteiger partial charge in [-0.1, -0.05) is 238 Å². The summed E-state index contributed by atoms with van der Waals surface area (Å²) in [5.74, 6) is 0.795. The SMILES string of the molecule is CC(C)(C)C1=CC(=CN=Nc2ccc(Cl)cc2)C=C(C(C)(C)C)C1=O.CC1=CC(=C2C=C(C(C)(C)C)C(=O)C(C(C)(C)C)=C2)C=C(C)C1=O.CC1=CC(=CC=C2C=C(C(C)(C)C)C(=O)C(C(C)(C)C)=C2)C=C(C)C1=O.CCC(C)(C)C1=C/C(=C2/C=C(C(C)(C)CC)C(=O)c3ccccc32)c2ccccc2C1=O. The Bertz CT molecular complexity index is 4560. The summed E-state index contributed by atoms with van der Waals surface area (Å²) in [5.41, 5.74) is 18.8.